The zero-order valence-electron chi connectivity index (χ0n) is 11.6. The summed E-state index contributed by atoms with van der Waals surface area (Å²) in [7, 11) is 1.65. The van der Waals surface area contributed by atoms with Gasteiger partial charge in [-0.3, -0.25) is 0 Å². The zero-order chi connectivity index (χ0) is 13.7. The molecule has 0 saturated carbocycles. The number of nitrogens with one attached hydrogen (secondary N) is 2. The molecule has 2 rings (SSSR count). The molecule has 0 spiro atoms. The van der Waals surface area contributed by atoms with Crippen molar-refractivity contribution >= 4 is 10.9 Å². The molecule has 0 saturated heterocycles. The van der Waals surface area contributed by atoms with Crippen LogP contribution in [0.1, 0.15) is 18.9 Å². The van der Waals surface area contributed by atoms with Crippen LogP contribution < -0.4 is 5.32 Å². The smallest absolute Gasteiger partial charge is 0.0765 e. The number of hydrogen-bond donors (Lipinski definition) is 3. The van der Waals surface area contributed by atoms with Crippen LogP contribution in [-0.4, -0.2) is 36.0 Å². The van der Waals surface area contributed by atoms with Gasteiger partial charge in [0.2, 0.25) is 0 Å². The van der Waals surface area contributed by atoms with Crippen molar-refractivity contribution in [3.63, 3.8) is 0 Å². The third-order valence-corrected chi connectivity index (χ3v) is 3.30. The van der Waals surface area contributed by atoms with Crippen LogP contribution in [-0.2, 0) is 11.3 Å². The van der Waals surface area contributed by atoms with Crippen LogP contribution in [0.25, 0.3) is 10.9 Å². The van der Waals surface area contributed by atoms with Crippen LogP contribution in [0.3, 0.4) is 0 Å². The maximum atomic E-state index is 10.1. The minimum atomic E-state index is -0.730. The molecule has 0 aliphatic heterocycles. The minimum Gasteiger partial charge on any atom is -0.389 e. The molecular formula is C15H22N2O2. The lowest BCUT2D eigenvalue weighted by molar-refractivity contribution is 0.0247. The second-order valence-electron chi connectivity index (χ2n) is 5.24. The van der Waals surface area contributed by atoms with Crippen LogP contribution in [0.15, 0.2) is 30.5 Å². The van der Waals surface area contributed by atoms with Crippen molar-refractivity contribution in [2.45, 2.75) is 25.5 Å². The molecule has 104 valence electrons. The number of aliphatic hydroxyl groups is 1. The molecule has 1 heterocycles. The highest BCUT2D eigenvalue weighted by atomic mass is 16.5. The highest BCUT2D eigenvalue weighted by molar-refractivity contribution is 5.79. The van der Waals surface area contributed by atoms with Gasteiger partial charge < -0.3 is 20.1 Å². The number of hydrogen-bond acceptors (Lipinski definition) is 3. The molecule has 0 amide bonds. The summed E-state index contributed by atoms with van der Waals surface area (Å²) < 4.78 is 4.99. The van der Waals surface area contributed by atoms with E-state index in [4.69, 9.17) is 4.74 Å². The first kappa shape index (κ1) is 14.1. The molecule has 4 nitrogen and oxygen atoms in total. The van der Waals surface area contributed by atoms with E-state index < -0.39 is 5.60 Å². The maximum absolute atomic E-state index is 10.1. The minimum absolute atomic E-state index is 0.555. The van der Waals surface area contributed by atoms with E-state index in [2.05, 4.69) is 34.6 Å². The number of ether oxygens (including phenoxy) is 1. The molecule has 1 aromatic heterocycles. The summed E-state index contributed by atoms with van der Waals surface area (Å²) in [6.07, 6.45) is 2.57. The lowest BCUT2D eigenvalue weighted by atomic mass is 10.0. The van der Waals surface area contributed by atoms with Gasteiger partial charge in [0.05, 0.1) is 5.60 Å². The average Bonchev–Trinajstić information content (AvgIpc) is 2.83. The summed E-state index contributed by atoms with van der Waals surface area (Å²) in [6.45, 7) is 3.70. The van der Waals surface area contributed by atoms with Gasteiger partial charge in [-0.1, -0.05) is 12.1 Å². The van der Waals surface area contributed by atoms with Crippen molar-refractivity contribution in [3.05, 3.63) is 36.0 Å². The van der Waals surface area contributed by atoms with Crippen LogP contribution in [0.4, 0.5) is 0 Å². The van der Waals surface area contributed by atoms with E-state index in [9.17, 15) is 5.11 Å². The molecular weight excluding hydrogens is 240 g/mol. The maximum Gasteiger partial charge on any atom is 0.0765 e. The van der Waals surface area contributed by atoms with E-state index in [-0.39, 0.29) is 0 Å². The monoisotopic (exact) mass is 262 g/mol. The third kappa shape index (κ3) is 4.06. The number of benzene rings is 1. The molecule has 0 radical (unpaired) electrons. The molecule has 1 unspecified atom stereocenters. The number of H-pyrrole nitrogens is 1. The van der Waals surface area contributed by atoms with Gasteiger partial charge in [-0.2, -0.15) is 0 Å². The van der Waals surface area contributed by atoms with Crippen molar-refractivity contribution in [1.82, 2.24) is 10.3 Å². The second kappa shape index (κ2) is 6.19. The van der Waals surface area contributed by atoms with Gasteiger partial charge in [0.15, 0.2) is 0 Å². The summed E-state index contributed by atoms with van der Waals surface area (Å²) in [5.74, 6) is 0. The van der Waals surface area contributed by atoms with Crippen molar-refractivity contribution in [2.75, 3.05) is 20.3 Å². The highest BCUT2D eigenvalue weighted by Crippen LogP contribution is 2.14. The number of aromatic nitrogens is 1. The fourth-order valence-corrected chi connectivity index (χ4v) is 2.09. The van der Waals surface area contributed by atoms with Crippen molar-refractivity contribution in [1.29, 1.82) is 0 Å². The van der Waals surface area contributed by atoms with E-state index in [1.54, 1.807) is 7.11 Å². The van der Waals surface area contributed by atoms with E-state index in [0.29, 0.717) is 19.6 Å². The van der Waals surface area contributed by atoms with Crippen molar-refractivity contribution in [3.8, 4) is 0 Å². The third-order valence-electron chi connectivity index (χ3n) is 3.30. The average molecular weight is 262 g/mol. The predicted octanol–water partition coefficient (Wildman–Crippen LogP) is 2.04. The van der Waals surface area contributed by atoms with Gasteiger partial charge in [0, 0.05) is 44.9 Å². The van der Waals surface area contributed by atoms with E-state index in [0.717, 1.165) is 12.1 Å². The summed E-state index contributed by atoms with van der Waals surface area (Å²) in [5.41, 5.74) is 1.62. The number of rotatable bonds is 7. The molecule has 0 fully saturated rings. The Morgan fingerprint density at radius 3 is 3.00 bits per heavy atom. The molecule has 0 aliphatic carbocycles. The van der Waals surface area contributed by atoms with Crippen LogP contribution in [0, 0.1) is 0 Å². The second-order valence-corrected chi connectivity index (χ2v) is 5.24. The van der Waals surface area contributed by atoms with Crippen LogP contribution >= 0.6 is 0 Å². The molecule has 4 heteroatoms. The summed E-state index contributed by atoms with van der Waals surface area (Å²) in [4.78, 5) is 3.20. The van der Waals surface area contributed by atoms with Gasteiger partial charge in [-0.15, -0.1) is 0 Å². The fourth-order valence-electron chi connectivity index (χ4n) is 2.09. The summed E-state index contributed by atoms with van der Waals surface area (Å²) >= 11 is 0. The lowest BCUT2D eigenvalue weighted by Gasteiger charge is -2.23. The Hall–Kier alpha value is -1.36. The number of aromatic amines is 1. The number of fused-ring (bicyclic) bond motifs is 1. The first-order chi connectivity index (χ1) is 9.11. The van der Waals surface area contributed by atoms with E-state index in [1.807, 2.05) is 13.1 Å². The predicted molar refractivity (Wildman–Crippen MR) is 77.1 cm³/mol. The first-order valence-electron chi connectivity index (χ1n) is 6.59. The fraction of sp³-hybridized carbons (Fsp3) is 0.467. The van der Waals surface area contributed by atoms with Gasteiger partial charge in [-0.25, -0.2) is 0 Å². The molecule has 0 bridgehead atoms. The Labute approximate surface area is 113 Å². The normalized spacial score (nSPS) is 14.7. The van der Waals surface area contributed by atoms with Gasteiger partial charge >= 0.3 is 0 Å². The molecule has 0 aliphatic rings. The topological polar surface area (TPSA) is 57.3 Å². The van der Waals surface area contributed by atoms with Gasteiger partial charge in [0.1, 0.15) is 0 Å². The van der Waals surface area contributed by atoms with Crippen LogP contribution in [0.2, 0.25) is 0 Å². The summed E-state index contributed by atoms with van der Waals surface area (Å²) in [6, 6.07) is 8.40. The highest BCUT2D eigenvalue weighted by Gasteiger charge is 2.19. The molecule has 1 aromatic carbocycles. The SMILES string of the molecule is COCCC(C)(O)CNCc1ccc2cc[nH]c2c1. The Kier molecular flexibility index (Phi) is 4.58. The van der Waals surface area contributed by atoms with Gasteiger partial charge in [-0.05, 0) is 30.0 Å². The molecule has 1 atom stereocenters. The Morgan fingerprint density at radius 2 is 2.21 bits per heavy atom. The molecule has 2 aromatic rings. The largest absolute Gasteiger partial charge is 0.389 e. The Bertz CT molecular complexity index is 520. The van der Waals surface area contributed by atoms with Gasteiger partial charge in [0.25, 0.3) is 0 Å². The molecule has 3 N–H and O–H groups in total. The summed E-state index contributed by atoms with van der Waals surface area (Å²) in [5, 5.41) is 14.6. The number of methoxy groups -OCH3 is 1. The molecule has 19 heavy (non-hydrogen) atoms. The Morgan fingerprint density at radius 1 is 1.37 bits per heavy atom. The lowest BCUT2D eigenvalue weighted by Crippen LogP contribution is -2.38. The quantitative estimate of drug-likeness (QED) is 0.715. The van der Waals surface area contributed by atoms with Crippen LogP contribution in [0.5, 0.6) is 0 Å². The first-order valence-corrected chi connectivity index (χ1v) is 6.59. The van der Waals surface area contributed by atoms with Crippen molar-refractivity contribution < 1.29 is 9.84 Å². The van der Waals surface area contributed by atoms with Crippen molar-refractivity contribution in [2.24, 2.45) is 0 Å². The standard InChI is InChI=1S/C15H22N2O2/c1-15(18,6-8-19-2)11-16-10-12-3-4-13-5-7-17-14(13)9-12/h3-5,7,9,16-18H,6,8,10-11H2,1-2H3. The van der Waals surface area contributed by atoms with E-state index >= 15 is 0 Å². The zero-order valence-corrected chi connectivity index (χ0v) is 11.6. The van der Waals surface area contributed by atoms with E-state index in [1.165, 1.54) is 10.9 Å². The Balaban J connectivity index is 1.84.